The van der Waals surface area contributed by atoms with E-state index in [0.29, 0.717) is 31.4 Å². The van der Waals surface area contributed by atoms with Crippen molar-refractivity contribution in [2.45, 2.75) is 106 Å². The molecule has 0 saturated carbocycles. The van der Waals surface area contributed by atoms with Gasteiger partial charge in [0.15, 0.2) is 5.78 Å². The molecule has 0 unspecified atom stereocenters. The third kappa shape index (κ3) is 7.21. The average molecular weight is 682 g/mol. The Kier molecular flexibility index (Phi) is 11.2. The number of carboxylic acids is 2. The number of nitrogens with one attached hydrogen (secondary N) is 4. The van der Waals surface area contributed by atoms with Gasteiger partial charge in [0.2, 0.25) is 0 Å². The zero-order valence-electron chi connectivity index (χ0n) is 30.2. The molecule has 0 saturated heterocycles. The molecule has 8 N–H and O–H groups in total. The van der Waals surface area contributed by atoms with E-state index in [1.54, 1.807) is 0 Å². The molecule has 266 valence electrons. The predicted molar refractivity (Wildman–Crippen MR) is 197 cm³/mol. The zero-order chi connectivity index (χ0) is 36.3. The number of hydrogen-bond donors (Lipinski definition) is 7. The molecule has 4 aromatic heterocycles. The van der Waals surface area contributed by atoms with Crippen molar-refractivity contribution in [2.75, 3.05) is 6.54 Å². The van der Waals surface area contributed by atoms with Gasteiger partial charge in [0.25, 0.3) is 0 Å². The number of aliphatic carboxylic acids is 2. The minimum Gasteiger partial charge on any atom is -0.481 e. The number of hydrogen-bond acceptors (Lipinski definition) is 4. The van der Waals surface area contributed by atoms with Crippen molar-refractivity contribution in [3.05, 3.63) is 88.7 Å². The molecule has 0 atom stereocenters. The van der Waals surface area contributed by atoms with Crippen LogP contribution in [0.4, 0.5) is 0 Å². The summed E-state index contributed by atoms with van der Waals surface area (Å²) in [5.41, 5.74) is 17.7. The maximum absolute atomic E-state index is 14.4. The molecule has 8 bridgehead atoms. The van der Waals surface area contributed by atoms with Gasteiger partial charge >= 0.3 is 11.9 Å². The van der Waals surface area contributed by atoms with Gasteiger partial charge in [-0.05, 0) is 136 Å². The molecule has 0 fully saturated rings. The van der Waals surface area contributed by atoms with Crippen molar-refractivity contribution >= 4 is 41.5 Å². The van der Waals surface area contributed by atoms with Gasteiger partial charge in [-0.15, -0.1) is 0 Å². The summed E-state index contributed by atoms with van der Waals surface area (Å²) >= 11 is 0. The molecule has 5 heterocycles. The molecule has 0 aromatic carbocycles. The molecule has 0 spiro atoms. The van der Waals surface area contributed by atoms with Gasteiger partial charge in [-0.3, -0.25) is 14.4 Å². The maximum atomic E-state index is 14.4. The lowest BCUT2D eigenvalue weighted by Crippen LogP contribution is -2.22. The number of carbonyl (C=O) groups is 3. The predicted octanol–water partition coefficient (Wildman–Crippen LogP) is 3.48. The molecule has 0 radical (unpaired) electrons. The smallest absolute Gasteiger partial charge is 0.303 e. The van der Waals surface area contributed by atoms with Gasteiger partial charge in [-0.1, -0.05) is 20.3 Å². The van der Waals surface area contributed by atoms with Crippen molar-refractivity contribution in [3.8, 4) is 0 Å². The Bertz CT molecular complexity index is 2200. The van der Waals surface area contributed by atoms with Crippen molar-refractivity contribution in [1.29, 1.82) is 0 Å². The number of fused-ring (bicyclic) bond motifs is 8. The normalized spacial score (nSPS) is 12.4. The van der Waals surface area contributed by atoms with Crippen LogP contribution in [-0.4, -0.2) is 54.4 Å². The maximum Gasteiger partial charge on any atom is 0.303 e. The summed E-state index contributed by atoms with van der Waals surface area (Å²) in [6.45, 7) is 13.0. The van der Waals surface area contributed by atoms with E-state index in [-0.39, 0.29) is 18.6 Å². The number of H-pyrrole nitrogens is 4. The van der Waals surface area contributed by atoms with Crippen LogP contribution in [0.1, 0.15) is 120 Å². The highest BCUT2D eigenvalue weighted by Gasteiger charge is 2.24. The Morgan fingerprint density at radius 3 is 1.82 bits per heavy atom. The molecule has 4 aromatic rings. The first-order valence-electron chi connectivity index (χ1n) is 17.8. The molecule has 1 aliphatic rings. The van der Waals surface area contributed by atoms with Crippen LogP contribution in [0.15, 0.2) is 0 Å². The van der Waals surface area contributed by atoms with Crippen LogP contribution < -0.4 is 27.1 Å². The highest BCUT2D eigenvalue weighted by Crippen LogP contribution is 2.27. The van der Waals surface area contributed by atoms with E-state index in [1.807, 2.05) is 19.9 Å². The Morgan fingerprint density at radius 1 is 0.600 bits per heavy atom. The van der Waals surface area contributed by atoms with E-state index in [4.69, 9.17) is 5.73 Å². The van der Waals surface area contributed by atoms with Crippen LogP contribution in [0.25, 0.3) is 23.8 Å². The summed E-state index contributed by atoms with van der Waals surface area (Å²) in [7, 11) is 0. The monoisotopic (exact) mass is 681 g/mol. The van der Waals surface area contributed by atoms with Gasteiger partial charge in [-0.25, -0.2) is 0 Å². The van der Waals surface area contributed by atoms with Crippen molar-refractivity contribution < 1.29 is 24.6 Å². The second-order valence-electron chi connectivity index (χ2n) is 13.5. The summed E-state index contributed by atoms with van der Waals surface area (Å²) in [6.07, 6.45) is 11.1. The molecule has 10 heteroatoms. The number of carbonyl (C=O) groups excluding carboxylic acids is 1. The Labute approximate surface area is 292 Å². The van der Waals surface area contributed by atoms with E-state index >= 15 is 0 Å². The van der Waals surface area contributed by atoms with Crippen molar-refractivity contribution in [3.63, 3.8) is 0 Å². The molecule has 0 amide bonds. The topological polar surface area (TPSA) is 181 Å². The van der Waals surface area contributed by atoms with E-state index in [1.165, 1.54) is 0 Å². The summed E-state index contributed by atoms with van der Waals surface area (Å²) in [5, 5.41) is 22.5. The lowest BCUT2D eigenvalue weighted by Gasteiger charge is -2.08. The number of nitrogens with two attached hydrogens (primary N) is 1. The Balaban J connectivity index is 1.93. The highest BCUT2D eigenvalue weighted by atomic mass is 16.4. The van der Waals surface area contributed by atoms with Gasteiger partial charge < -0.3 is 35.9 Å². The third-order valence-corrected chi connectivity index (χ3v) is 10.4. The quantitative estimate of drug-likeness (QED) is 0.100. The van der Waals surface area contributed by atoms with Crippen LogP contribution in [0.3, 0.4) is 0 Å². The number of rotatable bonds is 14. The fourth-order valence-corrected chi connectivity index (χ4v) is 7.51. The van der Waals surface area contributed by atoms with E-state index in [2.05, 4.69) is 59.8 Å². The first-order chi connectivity index (χ1) is 23.9. The molecular weight excluding hydrogens is 630 g/mol. The first-order valence-corrected chi connectivity index (χ1v) is 17.8. The number of Topliss-reactive ketones (excluding diaryl/α,β-unsaturated/α-hetero) is 1. The number of aromatic nitrogens is 4. The Morgan fingerprint density at radius 2 is 1.18 bits per heavy atom. The fourth-order valence-electron chi connectivity index (χ4n) is 7.51. The molecule has 10 nitrogen and oxygen atoms in total. The van der Waals surface area contributed by atoms with Crippen LogP contribution in [0.2, 0.25) is 0 Å². The van der Waals surface area contributed by atoms with Crippen LogP contribution in [-0.2, 0) is 40.1 Å². The summed E-state index contributed by atoms with van der Waals surface area (Å²) in [5.74, 6) is -1.69. The number of ketones is 1. The van der Waals surface area contributed by atoms with Crippen LogP contribution >= 0.6 is 0 Å². The molecule has 5 rings (SSSR count). The van der Waals surface area contributed by atoms with E-state index < -0.39 is 11.9 Å². The van der Waals surface area contributed by atoms with Crippen LogP contribution in [0.5, 0.6) is 0 Å². The minimum absolute atomic E-state index is 0.0285. The molecule has 50 heavy (non-hydrogen) atoms. The fraction of sp³-hybridized carbons (Fsp3) is 0.425. The van der Waals surface area contributed by atoms with Crippen LogP contribution in [0, 0.1) is 27.7 Å². The SMILES string of the molecule is CCc1c2[nH]c(c1C)C(C(=O)CCCCCN)=c1[nH]c(c(C)c1CC)=Cc1[nH]c(c(CCC(=O)O)c1C)C=c1[nH]c(c(C)c1CCC(=O)O)=C2. The van der Waals surface area contributed by atoms with Gasteiger partial charge in [0.1, 0.15) is 0 Å². The van der Waals surface area contributed by atoms with Gasteiger partial charge in [-0.2, -0.15) is 0 Å². The minimum atomic E-state index is -0.879. The number of carboxylic acid groups (broad SMARTS) is 2. The number of unbranched alkanes of at least 4 members (excludes halogenated alkanes) is 2. The summed E-state index contributed by atoms with van der Waals surface area (Å²) in [6, 6.07) is 0. The van der Waals surface area contributed by atoms with E-state index in [0.717, 1.165) is 121 Å². The summed E-state index contributed by atoms with van der Waals surface area (Å²) in [4.78, 5) is 52.3. The average Bonchev–Trinajstić information content (AvgIpc) is 3.74. The Hall–Kier alpha value is -4.83. The second kappa shape index (κ2) is 15.4. The molecule has 1 aliphatic heterocycles. The summed E-state index contributed by atoms with van der Waals surface area (Å²) < 4.78 is 0. The van der Waals surface area contributed by atoms with Gasteiger partial charge in [0.05, 0.1) is 16.6 Å². The van der Waals surface area contributed by atoms with Crippen molar-refractivity contribution in [1.82, 2.24) is 19.9 Å². The zero-order valence-corrected chi connectivity index (χ0v) is 30.2. The lowest BCUT2D eigenvalue weighted by molar-refractivity contribution is -0.138. The van der Waals surface area contributed by atoms with Crippen molar-refractivity contribution in [2.24, 2.45) is 5.73 Å². The second-order valence-corrected chi connectivity index (χ2v) is 13.5. The highest BCUT2D eigenvalue weighted by molar-refractivity contribution is 6.20. The molecular formula is C40H51N5O5. The lowest BCUT2D eigenvalue weighted by atomic mass is 9.95. The van der Waals surface area contributed by atoms with E-state index in [9.17, 15) is 24.6 Å². The number of aromatic amines is 4. The van der Waals surface area contributed by atoms with Gasteiger partial charge in [0, 0.05) is 52.4 Å². The standard InChI is InChI=1S/C40H51N5O5/c1-7-25-24(6)39-38(35(46)12-10-9-11-17-41)40-26(8-2)21(3)31(44-40)18-29-22(4)27(13-15-36(47)48)33(42-29)20-34-28(14-16-37(49)50)23(5)30(43-34)19-32(25)45-39/h18-20,42-45H,7-17,41H2,1-6H3,(H,47,48)(H,49,50). The largest absolute Gasteiger partial charge is 0.481 e. The third-order valence-electron chi connectivity index (χ3n) is 10.4. The first kappa shape index (κ1) is 36.5. The molecule has 0 aliphatic carbocycles.